The largest absolute Gasteiger partial charge is 0.481 e. The standard InChI is InChI=1S/C17H24N4O3.2C2H4O2/c18-7-1-2-9-20-17(23)16-15(12-4-3-8-19-10-12)21(13-5-6-13)14(22)11-24-16;2*1-2(3)4/h3-4,8,10,13,15-16H,1-2,5-7,9,11,18H2,(H,20,23);2*1H3,(H,3,4)/t15-,16+;;/m1../s1. The van der Waals surface area contributed by atoms with E-state index in [9.17, 15) is 9.59 Å². The molecule has 0 unspecified atom stereocenters. The lowest BCUT2D eigenvalue weighted by molar-refractivity contribution is -0.165. The minimum atomic E-state index is -0.833. The number of aromatic nitrogens is 1. The molecule has 0 aromatic carbocycles. The number of carbonyl (C=O) groups excluding carboxylic acids is 2. The lowest BCUT2D eigenvalue weighted by atomic mass is 9.98. The molecule has 2 amide bonds. The molecule has 1 aromatic heterocycles. The van der Waals surface area contributed by atoms with E-state index in [1.165, 1.54) is 0 Å². The molecule has 5 N–H and O–H groups in total. The summed E-state index contributed by atoms with van der Waals surface area (Å²) in [5.74, 6) is -1.91. The topological polar surface area (TPSA) is 172 Å². The predicted octanol–water partition coefficient (Wildman–Crippen LogP) is 0.549. The molecule has 0 bridgehead atoms. The number of amides is 2. The van der Waals surface area contributed by atoms with Gasteiger partial charge in [-0.25, -0.2) is 0 Å². The normalized spacial score (nSPS) is 19.6. The molecule has 0 radical (unpaired) electrons. The van der Waals surface area contributed by atoms with Gasteiger partial charge in [0.1, 0.15) is 6.61 Å². The van der Waals surface area contributed by atoms with Crippen molar-refractivity contribution in [1.82, 2.24) is 15.2 Å². The number of carbonyl (C=O) groups is 4. The molecule has 11 nitrogen and oxygen atoms in total. The predicted molar refractivity (Wildman–Crippen MR) is 115 cm³/mol. The zero-order valence-electron chi connectivity index (χ0n) is 18.4. The van der Waals surface area contributed by atoms with Crippen LogP contribution in [0.4, 0.5) is 0 Å². The van der Waals surface area contributed by atoms with Gasteiger partial charge in [0.25, 0.3) is 17.8 Å². The molecule has 3 rings (SSSR count). The van der Waals surface area contributed by atoms with Crippen LogP contribution >= 0.6 is 0 Å². The molecule has 1 aliphatic heterocycles. The van der Waals surface area contributed by atoms with Crippen molar-refractivity contribution in [2.75, 3.05) is 19.7 Å². The molecule has 0 spiro atoms. The van der Waals surface area contributed by atoms with Crippen LogP contribution in [0, 0.1) is 0 Å². The third-order valence-electron chi connectivity index (χ3n) is 4.42. The number of ether oxygens (including phenoxy) is 1. The highest BCUT2D eigenvalue weighted by atomic mass is 16.5. The molecule has 32 heavy (non-hydrogen) atoms. The SMILES string of the molecule is CC(=O)O.CC(=O)O.NCCCCNC(=O)[C@H]1OCC(=O)N(C2CC2)[C@@H]1c1cccnc1. The van der Waals surface area contributed by atoms with Crippen LogP contribution < -0.4 is 11.1 Å². The summed E-state index contributed by atoms with van der Waals surface area (Å²) >= 11 is 0. The number of aliphatic carboxylic acids is 2. The molecule has 2 heterocycles. The summed E-state index contributed by atoms with van der Waals surface area (Å²) in [6, 6.07) is 3.50. The minimum Gasteiger partial charge on any atom is -0.481 e. The third-order valence-corrected chi connectivity index (χ3v) is 4.42. The summed E-state index contributed by atoms with van der Waals surface area (Å²) in [5.41, 5.74) is 6.30. The highest BCUT2D eigenvalue weighted by Crippen LogP contribution is 2.39. The smallest absolute Gasteiger partial charge is 0.300 e. The zero-order valence-corrected chi connectivity index (χ0v) is 18.4. The quantitative estimate of drug-likeness (QED) is 0.431. The van der Waals surface area contributed by atoms with E-state index in [1.54, 1.807) is 12.4 Å². The van der Waals surface area contributed by atoms with Crippen LogP contribution in [-0.4, -0.2) is 75.7 Å². The number of unbranched alkanes of at least 4 members (excludes halogenated alkanes) is 1. The Morgan fingerprint density at radius 3 is 2.34 bits per heavy atom. The van der Waals surface area contributed by atoms with E-state index in [0.29, 0.717) is 13.1 Å². The Morgan fingerprint density at radius 2 is 1.84 bits per heavy atom. The first kappa shape index (κ1) is 27.0. The Kier molecular flexibility index (Phi) is 11.9. The van der Waals surface area contributed by atoms with E-state index in [-0.39, 0.29) is 24.5 Å². The Balaban J connectivity index is 0.000000554. The van der Waals surface area contributed by atoms with E-state index in [1.807, 2.05) is 17.0 Å². The fourth-order valence-electron chi connectivity index (χ4n) is 3.10. The first-order valence-electron chi connectivity index (χ1n) is 10.4. The summed E-state index contributed by atoms with van der Waals surface area (Å²) in [5, 5.41) is 17.7. The third kappa shape index (κ3) is 9.84. The Morgan fingerprint density at radius 1 is 1.22 bits per heavy atom. The molecule has 1 saturated heterocycles. The summed E-state index contributed by atoms with van der Waals surface area (Å²) in [4.78, 5) is 48.9. The number of morpholine rings is 1. The van der Waals surface area contributed by atoms with Gasteiger partial charge in [-0.15, -0.1) is 0 Å². The number of rotatable bonds is 7. The summed E-state index contributed by atoms with van der Waals surface area (Å²) in [6.07, 6.45) is 6.34. The molecule has 2 atom stereocenters. The molecule has 2 fully saturated rings. The fourth-order valence-corrected chi connectivity index (χ4v) is 3.10. The molecular weight excluding hydrogens is 420 g/mol. The first-order valence-corrected chi connectivity index (χ1v) is 10.4. The second kappa shape index (κ2) is 14.1. The van der Waals surface area contributed by atoms with Crippen LogP contribution in [-0.2, 0) is 23.9 Å². The van der Waals surface area contributed by atoms with E-state index >= 15 is 0 Å². The Bertz CT molecular complexity index is 736. The fraction of sp³-hybridized carbons (Fsp3) is 0.571. The molecule has 11 heteroatoms. The van der Waals surface area contributed by atoms with Crippen molar-refractivity contribution in [2.45, 2.75) is 57.7 Å². The first-order chi connectivity index (χ1) is 15.2. The van der Waals surface area contributed by atoms with E-state index in [0.717, 1.165) is 45.1 Å². The summed E-state index contributed by atoms with van der Waals surface area (Å²) in [7, 11) is 0. The van der Waals surface area contributed by atoms with E-state index < -0.39 is 24.1 Å². The van der Waals surface area contributed by atoms with Crippen LogP contribution in [0.1, 0.15) is 51.1 Å². The lowest BCUT2D eigenvalue weighted by Gasteiger charge is -2.40. The number of nitrogens with two attached hydrogens (primary N) is 1. The van der Waals surface area contributed by atoms with E-state index in [2.05, 4.69) is 10.3 Å². The van der Waals surface area contributed by atoms with Gasteiger partial charge >= 0.3 is 0 Å². The molecule has 178 valence electrons. The van der Waals surface area contributed by atoms with Gasteiger partial charge in [0.15, 0.2) is 6.10 Å². The molecule has 1 aromatic rings. The highest BCUT2D eigenvalue weighted by Gasteiger charge is 2.47. The van der Waals surface area contributed by atoms with Crippen LogP contribution in [0.3, 0.4) is 0 Å². The van der Waals surface area contributed by atoms with Crippen LogP contribution in [0.5, 0.6) is 0 Å². The van der Waals surface area contributed by atoms with Gasteiger partial charge < -0.3 is 30.9 Å². The summed E-state index contributed by atoms with van der Waals surface area (Å²) < 4.78 is 5.63. The zero-order chi connectivity index (χ0) is 24.1. The number of hydrogen-bond acceptors (Lipinski definition) is 7. The van der Waals surface area contributed by atoms with Crippen molar-refractivity contribution in [1.29, 1.82) is 0 Å². The van der Waals surface area contributed by atoms with Crippen LogP contribution in [0.2, 0.25) is 0 Å². The summed E-state index contributed by atoms with van der Waals surface area (Å²) in [6.45, 7) is 3.29. The number of hydrogen-bond donors (Lipinski definition) is 4. The van der Waals surface area contributed by atoms with Crippen molar-refractivity contribution in [3.63, 3.8) is 0 Å². The number of nitrogens with one attached hydrogen (secondary N) is 1. The molecule has 1 aliphatic carbocycles. The van der Waals surface area contributed by atoms with Crippen LogP contribution in [0.15, 0.2) is 24.5 Å². The molecule has 1 saturated carbocycles. The molecule has 2 aliphatic rings. The van der Waals surface area contributed by atoms with Crippen molar-refractivity contribution < 1.29 is 34.1 Å². The van der Waals surface area contributed by atoms with Gasteiger partial charge in [0, 0.05) is 38.8 Å². The van der Waals surface area contributed by atoms with Gasteiger partial charge in [0.2, 0.25) is 5.91 Å². The van der Waals surface area contributed by atoms with Gasteiger partial charge in [-0.2, -0.15) is 0 Å². The highest BCUT2D eigenvalue weighted by molar-refractivity contribution is 5.86. The van der Waals surface area contributed by atoms with Crippen molar-refractivity contribution in [2.24, 2.45) is 5.73 Å². The Hall–Kier alpha value is -3.05. The molecular formula is C21H32N4O7. The second-order valence-corrected chi connectivity index (χ2v) is 7.32. The van der Waals surface area contributed by atoms with Gasteiger partial charge in [-0.3, -0.25) is 24.2 Å². The monoisotopic (exact) mass is 452 g/mol. The van der Waals surface area contributed by atoms with Crippen molar-refractivity contribution in [3.05, 3.63) is 30.1 Å². The van der Waals surface area contributed by atoms with Gasteiger partial charge in [-0.1, -0.05) is 6.07 Å². The maximum absolute atomic E-state index is 12.6. The van der Waals surface area contributed by atoms with Crippen molar-refractivity contribution in [3.8, 4) is 0 Å². The van der Waals surface area contributed by atoms with Crippen molar-refractivity contribution >= 4 is 23.8 Å². The minimum absolute atomic E-state index is 0.0475. The Labute approximate surface area is 186 Å². The second-order valence-electron chi connectivity index (χ2n) is 7.32. The maximum atomic E-state index is 12.6. The maximum Gasteiger partial charge on any atom is 0.300 e. The van der Waals surface area contributed by atoms with Gasteiger partial charge in [0.05, 0.1) is 6.04 Å². The van der Waals surface area contributed by atoms with E-state index in [4.69, 9.17) is 30.3 Å². The lowest BCUT2D eigenvalue weighted by Crippen LogP contribution is -2.55. The van der Waals surface area contributed by atoms with Crippen LogP contribution in [0.25, 0.3) is 0 Å². The number of carboxylic acid groups (broad SMARTS) is 2. The number of nitrogens with zero attached hydrogens (tertiary/aromatic N) is 2. The number of carboxylic acids is 2. The number of pyridine rings is 1. The average molecular weight is 453 g/mol. The van der Waals surface area contributed by atoms with Gasteiger partial charge in [-0.05, 0) is 43.9 Å². The average Bonchev–Trinajstić information content (AvgIpc) is 3.55.